The molecule has 136 valence electrons. The van der Waals surface area contributed by atoms with Crippen molar-refractivity contribution in [3.8, 4) is 0 Å². The first kappa shape index (κ1) is 18.1. The summed E-state index contributed by atoms with van der Waals surface area (Å²) in [6.07, 6.45) is 6.77. The fourth-order valence-electron chi connectivity index (χ4n) is 3.18. The molecule has 0 radical (unpaired) electrons. The number of carboxylic acids is 1. The maximum absolute atomic E-state index is 10.5. The molecule has 1 aliphatic heterocycles. The normalized spacial score (nSPS) is 17.7. The second-order valence-electron chi connectivity index (χ2n) is 6.72. The molecular weight excluding hydrogens is 328 g/mol. The van der Waals surface area contributed by atoms with Crippen molar-refractivity contribution in [3.05, 3.63) is 59.1 Å². The van der Waals surface area contributed by atoms with Crippen molar-refractivity contribution < 1.29 is 9.90 Å². The van der Waals surface area contributed by atoms with E-state index in [-0.39, 0.29) is 0 Å². The molecule has 0 unspecified atom stereocenters. The van der Waals surface area contributed by atoms with E-state index in [1.54, 1.807) is 12.4 Å². The van der Waals surface area contributed by atoms with E-state index in [1.165, 1.54) is 22.8 Å². The summed E-state index contributed by atoms with van der Waals surface area (Å²) in [4.78, 5) is 21.5. The summed E-state index contributed by atoms with van der Waals surface area (Å²) in [5, 5.41) is 12.0. The molecule has 0 spiro atoms. The summed E-state index contributed by atoms with van der Waals surface area (Å²) in [7, 11) is 0. The monoisotopic (exact) mass is 352 g/mol. The number of carbonyl (C=O) groups is 1. The zero-order valence-electron chi connectivity index (χ0n) is 15.1. The van der Waals surface area contributed by atoms with Crippen LogP contribution >= 0.6 is 0 Å². The van der Waals surface area contributed by atoms with Crippen LogP contribution in [0, 0.1) is 13.8 Å². The lowest BCUT2D eigenvalue weighted by atomic mass is 10.0. The lowest BCUT2D eigenvalue weighted by Crippen LogP contribution is -2.26. The van der Waals surface area contributed by atoms with Crippen molar-refractivity contribution in [1.29, 1.82) is 0 Å². The Morgan fingerprint density at radius 2 is 2.19 bits per heavy atom. The third kappa shape index (κ3) is 4.67. The molecule has 2 heterocycles. The van der Waals surface area contributed by atoms with Gasteiger partial charge < -0.3 is 10.4 Å². The average Bonchev–Trinajstić information content (AvgIpc) is 3.05. The van der Waals surface area contributed by atoms with Crippen LogP contribution in [0.5, 0.6) is 0 Å². The van der Waals surface area contributed by atoms with E-state index >= 15 is 0 Å². The van der Waals surface area contributed by atoms with Crippen LogP contribution in [0.15, 0.2) is 36.7 Å². The Balaban J connectivity index is 1.54. The third-order valence-electron chi connectivity index (χ3n) is 4.80. The van der Waals surface area contributed by atoms with Crippen LogP contribution in [0.1, 0.15) is 28.8 Å². The number of benzene rings is 1. The first-order valence-corrected chi connectivity index (χ1v) is 8.78. The standard InChI is InChI=1S/C20H24N4O2/c1-14-4-3-5-16(15(14)2)12-24-9-8-18(13-24)23-19-11-21-17(10-22-19)6-7-20(25)26/h3-7,10-11,18H,8-9,12-13H2,1-2H3,(H,22,23)(H,25,26)/b7-6+/t18-/m1/s1. The van der Waals surface area contributed by atoms with Gasteiger partial charge in [0.2, 0.25) is 0 Å². The third-order valence-corrected chi connectivity index (χ3v) is 4.80. The molecule has 1 aromatic heterocycles. The molecule has 2 N–H and O–H groups in total. The Morgan fingerprint density at radius 1 is 1.35 bits per heavy atom. The van der Waals surface area contributed by atoms with Crippen LogP contribution in [-0.4, -0.2) is 45.1 Å². The van der Waals surface area contributed by atoms with E-state index in [2.05, 4.69) is 52.2 Å². The molecule has 0 amide bonds. The highest BCUT2D eigenvalue weighted by molar-refractivity contribution is 5.84. The summed E-state index contributed by atoms with van der Waals surface area (Å²) in [6, 6.07) is 6.83. The van der Waals surface area contributed by atoms with Crippen LogP contribution in [0.2, 0.25) is 0 Å². The largest absolute Gasteiger partial charge is 0.478 e. The van der Waals surface area contributed by atoms with Gasteiger partial charge in [-0.15, -0.1) is 0 Å². The van der Waals surface area contributed by atoms with Crippen LogP contribution < -0.4 is 5.32 Å². The van der Waals surface area contributed by atoms with Gasteiger partial charge in [-0.2, -0.15) is 0 Å². The van der Waals surface area contributed by atoms with Gasteiger partial charge >= 0.3 is 5.97 Å². The number of hydrogen-bond donors (Lipinski definition) is 2. The first-order valence-electron chi connectivity index (χ1n) is 8.78. The van der Waals surface area contributed by atoms with Crippen molar-refractivity contribution in [1.82, 2.24) is 14.9 Å². The minimum Gasteiger partial charge on any atom is -0.478 e. The van der Waals surface area contributed by atoms with Gasteiger partial charge in [0.1, 0.15) is 5.82 Å². The lowest BCUT2D eigenvalue weighted by molar-refractivity contribution is -0.131. The molecule has 1 saturated heterocycles. The van der Waals surface area contributed by atoms with Gasteiger partial charge in [-0.3, -0.25) is 9.88 Å². The van der Waals surface area contributed by atoms with Gasteiger partial charge in [0.15, 0.2) is 0 Å². The maximum Gasteiger partial charge on any atom is 0.328 e. The summed E-state index contributed by atoms with van der Waals surface area (Å²) < 4.78 is 0. The smallest absolute Gasteiger partial charge is 0.328 e. The van der Waals surface area contributed by atoms with E-state index in [4.69, 9.17) is 5.11 Å². The number of aliphatic carboxylic acids is 1. The molecule has 6 nitrogen and oxygen atoms in total. The predicted octanol–water partition coefficient (Wildman–Crippen LogP) is 2.88. The number of rotatable bonds is 6. The van der Waals surface area contributed by atoms with Crippen LogP contribution in [-0.2, 0) is 11.3 Å². The van der Waals surface area contributed by atoms with E-state index in [0.29, 0.717) is 11.7 Å². The van der Waals surface area contributed by atoms with Crippen LogP contribution in [0.4, 0.5) is 5.82 Å². The number of aryl methyl sites for hydroxylation is 1. The fraction of sp³-hybridized carbons (Fsp3) is 0.350. The summed E-state index contributed by atoms with van der Waals surface area (Å²) in [6.45, 7) is 7.33. The van der Waals surface area contributed by atoms with Crippen molar-refractivity contribution >= 4 is 17.9 Å². The van der Waals surface area contributed by atoms with Crippen molar-refractivity contribution in [2.75, 3.05) is 18.4 Å². The number of hydrogen-bond acceptors (Lipinski definition) is 5. The second kappa shape index (κ2) is 8.10. The van der Waals surface area contributed by atoms with Crippen LogP contribution in [0.25, 0.3) is 6.08 Å². The predicted molar refractivity (Wildman–Crippen MR) is 102 cm³/mol. The molecular formula is C20H24N4O2. The Morgan fingerprint density at radius 3 is 2.92 bits per heavy atom. The second-order valence-corrected chi connectivity index (χ2v) is 6.72. The Bertz CT molecular complexity index is 802. The summed E-state index contributed by atoms with van der Waals surface area (Å²) >= 11 is 0. The molecule has 2 aromatic rings. The highest BCUT2D eigenvalue weighted by atomic mass is 16.4. The highest BCUT2D eigenvalue weighted by Crippen LogP contribution is 2.20. The number of nitrogens with one attached hydrogen (secondary N) is 1. The van der Waals surface area contributed by atoms with E-state index in [0.717, 1.165) is 37.9 Å². The zero-order chi connectivity index (χ0) is 18.5. The summed E-state index contributed by atoms with van der Waals surface area (Å²) in [5.41, 5.74) is 4.63. The Labute approximate surface area is 153 Å². The summed E-state index contributed by atoms with van der Waals surface area (Å²) in [5.74, 6) is -0.278. The number of anilines is 1. The lowest BCUT2D eigenvalue weighted by Gasteiger charge is -2.19. The average molecular weight is 352 g/mol. The SMILES string of the molecule is Cc1cccc(CN2CC[C@@H](Nc3cnc(/C=C/C(=O)O)cn3)C2)c1C. The number of nitrogens with zero attached hydrogens (tertiary/aromatic N) is 3. The maximum atomic E-state index is 10.5. The minimum absolute atomic E-state index is 0.342. The van der Waals surface area contributed by atoms with Crippen LogP contribution in [0.3, 0.4) is 0 Å². The molecule has 0 aliphatic carbocycles. The van der Waals surface area contributed by atoms with Gasteiger partial charge in [-0.25, -0.2) is 9.78 Å². The Hall–Kier alpha value is -2.73. The molecule has 0 saturated carbocycles. The Kier molecular flexibility index (Phi) is 5.63. The number of aromatic nitrogens is 2. The van der Waals surface area contributed by atoms with Gasteiger partial charge in [0.05, 0.1) is 18.1 Å². The number of likely N-dealkylation sites (tertiary alicyclic amines) is 1. The quantitative estimate of drug-likeness (QED) is 0.779. The first-order chi connectivity index (χ1) is 12.5. The van der Waals surface area contributed by atoms with Gasteiger partial charge in [-0.1, -0.05) is 18.2 Å². The topological polar surface area (TPSA) is 78.4 Å². The minimum atomic E-state index is -0.996. The van der Waals surface area contributed by atoms with Crippen molar-refractivity contribution in [2.24, 2.45) is 0 Å². The molecule has 26 heavy (non-hydrogen) atoms. The van der Waals surface area contributed by atoms with Crippen molar-refractivity contribution in [2.45, 2.75) is 32.9 Å². The fourth-order valence-corrected chi connectivity index (χ4v) is 3.18. The van der Waals surface area contributed by atoms with E-state index in [1.807, 2.05) is 0 Å². The molecule has 1 aliphatic rings. The van der Waals surface area contributed by atoms with Crippen molar-refractivity contribution in [3.63, 3.8) is 0 Å². The molecule has 1 fully saturated rings. The van der Waals surface area contributed by atoms with Gasteiger partial charge in [-0.05, 0) is 43.0 Å². The molecule has 3 rings (SSSR count). The van der Waals surface area contributed by atoms with Gasteiger partial charge in [0.25, 0.3) is 0 Å². The van der Waals surface area contributed by atoms with E-state index in [9.17, 15) is 4.79 Å². The zero-order valence-corrected chi connectivity index (χ0v) is 15.1. The molecule has 1 aromatic carbocycles. The molecule has 6 heteroatoms. The highest BCUT2D eigenvalue weighted by Gasteiger charge is 2.23. The molecule has 1 atom stereocenters. The van der Waals surface area contributed by atoms with Gasteiger partial charge in [0, 0.05) is 31.8 Å². The number of carboxylic acid groups (broad SMARTS) is 1. The van der Waals surface area contributed by atoms with E-state index < -0.39 is 5.97 Å². The molecule has 0 bridgehead atoms.